The van der Waals surface area contributed by atoms with Crippen LogP contribution in [0.3, 0.4) is 0 Å². The minimum absolute atomic E-state index is 0.0557. The van der Waals surface area contributed by atoms with Gasteiger partial charge in [-0.2, -0.15) is 0 Å². The van der Waals surface area contributed by atoms with Gasteiger partial charge < -0.3 is 19.0 Å². The fourth-order valence-corrected chi connectivity index (χ4v) is 3.54. The van der Waals surface area contributed by atoms with Crippen LogP contribution >= 0.6 is 47.8 Å². The molecule has 2 aromatic rings. The van der Waals surface area contributed by atoms with Crippen LogP contribution in [0.5, 0.6) is 11.5 Å². The smallest absolute Gasteiger partial charge is 0.360 e. The van der Waals surface area contributed by atoms with Gasteiger partial charge in [0.2, 0.25) is 0 Å². The van der Waals surface area contributed by atoms with Crippen LogP contribution in [-0.2, 0) is 21.0 Å². The van der Waals surface area contributed by atoms with Crippen LogP contribution in [-0.4, -0.2) is 33.0 Å². The predicted molar refractivity (Wildman–Crippen MR) is 123 cm³/mol. The Balaban J connectivity index is 2.42. The average Bonchev–Trinajstić information content (AvgIpc) is 2.72. The lowest BCUT2D eigenvalue weighted by molar-refractivity contribution is -0.132. The van der Waals surface area contributed by atoms with E-state index in [4.69, 9.17) is 19.0 Å². The molecular weight excluding hydrogens is 574 g/mol. The summed E-state index contributed by atoms with van der Waals surface area (Å²) in [6.07, 6.45) is 1.88. The Hall–Kier alpha value is -1.84. The van der Waals surface area contributed by atoms with E-state index in [0.29, 0.717) is 17.1 Å². The van der Waals surface area contributed by atoms with Gasteiger partial charge >= 0.3 is 5.97 Å². The number of methoxy groups -OCH3 is 2. The molecule has 6 nitrogen and oxygen atoms in total. The van der Waals surface area contributed by atoms with Crippen molar-refractivity contribution in [2.75, 3.05) is 21.3 Å². The molecule has 0 aliphatic rings. The number of carbonyl (C=O) groups is 1. The van der Waals surface area contributed by atoms with Gasteiger partial charge in [-0.25, -0.2) is 4.79 Å². The lowest BCUT2D eigenvalue weighted by atomic mass is 10.0. The Morgan fingerprint density at radius 1 is 1.10 bits per heavy atom. The van der Waals surface area contributed by atoms with Gasteiger partial charge in [0.15, 0.2) is 17.2 Å². The molecule has 0 amide bonds. The zero-order chi connectivity index (χ0) is 21.4. The summed E-state index contributed by atoms with van der Waals surface area (Å²) < 4.78 is 17.8. The average molecular weight is 592 g/mol. The topological polar surface area (TPSA) is 66.4 Å². The number of ether oxygens (including phenoxy) is 3. The van der Waals surface area contributed by atoms with Crippen molar-refractivity contribution in [2.24, 2.45) is 5.16 Å². The molecule has 0 unspecified atom stereocenters. The fourth-order valence-electron chi connectivity index (χ4n) is 2.49. The van der Waals surface area contributed by atoms with Gasteiger partial charge in [0, 0.05) is 5.56 Å². The number of carbonyl (C=O) groups excluding carboxylic acids is 1. The summed E-state index contributed by atoms with van der Waals surface area (Å²) in [5.74, 6) is 0.490. The van der Waals surface area contributed by atoms with Gasteiger partial charge in [0.25, 0.3) is 0 Å². The lowest BCUT2D eigenvalue weighted by Crippen LogP contribution is -2.19. The third-order valence-corrected chi connectivity index (χ3v) is 5.06. The van der Waals surface area contributed by atoms with Gasteiger partial charge in [-0.05, 0) is 77.1 Å². The van der Waals surface area contributed by atoms with Crippen LogP contribution in [0.1, 0.15) is 16.7 Å². The molecule has 0 saturated carbocycles. The highest BCUT2D eigenvalue weighted by Crippen LogP contribution is 2.40. The number of hydrogen-bond donors (Lipinski definition) is 0. The Labute approximate surface area is 194 Å². The van der Waals surface area contributed by atoms with Crippen molar-refractivity contribution < 1.29 is 23.8 Å². The van der Waals surface area contributed by atoms with Crippen molar-refractivity contribution in [2.45, 2.75) is 6.61 Å². The van der Waals surface area contributed by atoms with E-state index in [1.54, 1.807) is 19.2 Å². The Morgan fingerprint density at radius 3 is 2.45 bits per heavy atom. The second kappa shape index (κ2) is 11.4. The standard InChI is InChI=1S/C20H18Br3NO5/c1-26-15-9-8-12(10-16(21)22)17(23)19(15)29-11-13-6-4-5-7-14(13)18(24-28-3)20(25)27-2/h4-10H,11H2,1-3H3. The van der Waals surface area contributed by atoms with Gasteiger partial charge in [-0.1, -0.05) is 29.4 Å². The van der Waals surface area contributed by atoms with Crippen LogP contribution in [0.15, 0.2) is 49.4 Å². The normalized spacial score (nSPS) is 10.9. The monoisotopic (exact) mass is 589 g/mol. The molecule has 0 radical (unpaired) electrons. The minimum atomic E-state index is -0.604. The van der Waals surface area contributed by atoms with Crippen molar-refractivity contribution in [3.8, 4) is 11.5 Å². The number of hydrogen-bond acceptors (Lipinski definition) is 6. The van der Waals surface area contributed by atoms with E-state index in [1.165, 1.54) is 14.2 Å². The molecule has 2 rings (SSSR count). The van der Waals surface area contributed by atoms with E-state index in [0.717, 1.165) is 19.0 Å². The van der Waals surface area contributed by atoms with Crippen LogP contribution in [0.25, 0.3) is 6.08 Å². The molecule has 0 heterocycles. The maximum Gasteiger partial charge on any atom is 0.360 e. The number of oxime groups is 1. The highest BCUT2D eigenvalue weighted by Gasteiger charge is 2.20. The van der Waals surface area contributed by atoms with E-state index < -0.39 is 5.97 Å². The molecule has 0 N–H and O–H groups in total. The summed E-state index contributed by atoms with van der Waals surface area (Å²) in [4.78, 5) is 16.9. The number of benzene rings is 2. The molecule has 2 aromatic carbocycles. The first-order chi connectivity index (χ1) is 13.9. The third-order valence-electron chi connectivity index (χ3n) is 3.78. The number of halogens is 3. The minimum Gasteiger partial charge on any atom is -0.493 e. The van der Waals surface area contributed by atoms with Crippen molar-refractivity contribution in [3.63, 3.8) is 0 Å². The van der Waals surface area contributed by atoms with E-state index in [2.05, 4.69) is 52.9 Å². The largest absolute Gasteiger partial charge is 0.493 e. The Morgan fingerprint density at radius 2 is 1.83 bits per heavy atom. The van der Waals surface area contributed by atoms with Crippen molar-refractivity contribution in [1.82, 2.24) is 0 Å². The summed E-state index contributed by atoms with van der Waals surface area (Å²) in [7, 11) is 4.22. The highest BCUT2D eigenvalue weighted by molar-refractivity contribution is 9.28. The molecule has 0 bridgehead atoms. The van der Waals surface area contributed by atoms with E-state index in [9.17, 15) is 4.79 Å². The molecule has 0 fully saturated rings. The molecule has 0 saturated heterocycles. The lowest BCUT2D eigenvalue weighted by Gasteiger charge is -2.16. The maximum atomic E-state index is 12.1. The molecule has 9 heteroatoms. The van der Waals surface area contributed by atoms with Gasteiger partial charge in [0.1, 0.15) is 13.7 Å². The molecule has 0 atom stereocenters. The van der Waals surface area contributed by atoms with E-state index in [1.807, 2.05) is 30.3 Å². The summed E-state index contributed by atoms with van der Waals surface area (Å²) in [6.45, 7) is 0.160. The summed E-state index contributed by atoms with van der Waals surface area (Å²) in [5.41, 5.74) is 2.22. The van der Waals surface area contributed by atoms with Crippen molar-refractivity contribution in [1.29, 1.82) is 0 Å². The quantitative estimate of drug-likeness (QED) is 0.226. The highest BCUT2D eigenvalue weighted by atomic mass is 79.9. The summed E-state index contributed by atoms with van der Waals surface area (Å²) in [6, 6.07) is 10.9. The van der Waals surface area contributed by atoms with Crippen LogP contribution in [0, 0.1) is 0 Å². The first-order valence-electron chi connectivity index (χ1n) is 8.22. The molecule has 154 valence electrons. The summed E-state index contributed by atoms with van der Waals surface area (Å²) >= 11 is 10.3. The van der Waals surface area contributed by atoms with E-state index in [-0.39, 0.29) is 12.3 Å². The summed E-state index contributed by atoms with van der Waals surface area (Å²) in [5, 5.41) is 3.81. The number of esters is 1. The zero-order valence-corrected chi connectivity index (χ0v) is 20.6. The Kier molecular flexibility index (Phi) is 9.19. The van der Waals surface area contributed by atoms with Crippen LogP contribution in [0.4, 0.5) is 0 Å². The van der Waals surface area contributed by atoms with Crippen molar-refractivity contribution in [3.05, 3.63) is 61.0 Å². The number of rotatable bonds is 8. The SMILES string of the molecule is CON=C(C(=O)OC)c1ccccc1COc1c(OC)ccc(C=C(Br)Br)c1Br. The molecule has 0 spiro atoms. The molecular formula is C20H18Br3NO5. The third kappa shape index (κ3) is 6.07. The first-order valence-corrected chi connectivity index (χ1v) is 10.6. The molecule has 29 heavy (non-hydrogen) atoms. The second-order valence-corrected chi connectivity index (χ2v) is 9.06. The maximum absolute atomic E-state index is 12.1. The molecule has 0 aliphatic carbocycles. The molecule has 0 aromatic heterocycles. The fraction of sp³-hybridized carbons (Fsp3) is 0.200. The van der Waals surface area contributed by atoms with Crippen LogP contribution in [0.2, 0.25) is 0 Å². The van der Waals surface area contributed by atoms with Gasteiger partial charge in [0.05, 0.1) is 22.1 Å². The second-order valence-electron chi connectivity index (χ2n) is 5.49. The van der Waals surface area contributed by atoms with Gasteiger partial charge in [-0.3, -0.25) is 0 Å². The Bertz CT molecular complexity index is 940. The van der Waals surface area contributed by atoms with Crippen molar-refractivity contribution >= 4 is 65.5 Å². The molecule has 0 aliphatic heterocycles. The zero-order valence-electron chi connectivity index (χ0n) is 15.9. The van der Waals surface area contributed by atoms with E-state index >= 15 is 0 Å². The van der Waals surface area contributed by atoms with Gasteiger partial charge in [-0.15, -0.1) is 0 Å². The number of nitrogens with zero attached hydrogens (tertiary/aromatic N) is 1. The predicted octanol–water partition coefficient (Wildman–Crippen LogP) is 5.65. The first kappa shape index (κ1) is 23.4. The van der Waals surface area contributed by atoms with Crippen LogP contribution < -0.4 is 9.47 Å².